The lowest BCUT2D eigenvalue weighted by molar-refractivity contribution is -0.119. The quantitative estimate of drug-likeness (QED) is 0.162. The lowest BCUT2D eigenvalue weighted by Gasteiger charge is -2.38. The molecule has 240 valence electrons. The van der Waals surface area contributed by atoms with Crippen LogP contribution in [0.5, 0.6) is 5.88 Å². The maximum Gasteiger partial charge on any atom is 0.220 e. The molecular weight excluding hydrogens is 632 g/mol. The summed E-state index contributed by atoms with van der Waals surface area (Å²) in [5.74, 6) is 0.376. The van der Waals surface area contributed by atoms with Crippen LogP contribution in [0.2, 0.25) is 10.0 Å². The number of anilines is 2. The number of rotatable bonds is 12. The second kappa shape index (κ2) is 14.3. The van der Waals surface area contributed by atoms with Gasteiger partial charge in [-0.2, -0.15) is 0 Å². The van der Waals surface area contributed by atoms with Crippen molar-refractivity contribution in [2.75, 3.05) is 38.7 Å². The van der Waals surface area contributed by atoms with Crippen LogP contribution in [0.15, 0.2) is 54.9 Å². The van der Waals surface area contributed by atoms with Crippen LogP contribution in [-0.2, 0) is 17.9 Å². The van der Waals surface area contributed by atoms with Crippen molar-refractivity contribution in [3.05, 3.63) is 81.8 Å². The van der Waals surface area contributed by atoms with E-state index in [0.717, 1.165) is 25.1 Å². The Balaban J connectivity index is 1.20. The number of aliphatic hydroxyl groups excluding tert-OH is 1. The van der Waals surface area contributed by atoms with Gasteiger partial charge >= 0.3 is 0 Å². The highest BCUT2D eigenvalue weighted by Crippen LogP contribution is 2.41. The standard InChI is InChI=1S/C33H34Cl2FN7O3/c1-46-33-20(13-37-14-22-6-8-27(45)40-22)5-7-25(42-33)23-10-12-38-31(29(23)35)24-3-2-4-26(28(24)34)41-32-30(36)21(9-11-39-32)17-43-15-19(16-43)18-44/h2-5,7,9-12,19,22,37,44H,6,8,13-18H2,1H3,(H,39,41)(H,40,45)/t22-/m1/s1. The second-order valence-electron chi connectivity index (χ2n) is 11.5. The summed E-state index contributed by atoms with van der Waals surface area (Å²) in [5.41, 5.74) is 4.05. The topological polar surface area (TPSA) is 125 Å². The van der Waals surface area contributed by atoms with Crippen LogP contribution in [0.4, 0.5) is 15.9 Å². The number of carbonyl (C=O) groups excluding carboxylic acids is 1. The zero-order chi connectivity index (χ0) is 32.2. The monoisotopic (exact) mass is 665 g/mol. The van der Waals surface area contributed by atoms with E-state index in [4.69, 9.17) is 32.9 Å². The Morgan fingerprint density at radius 2 is 1.89 bits per heavy atom. The Hall–Kier alpha value is -3.87. The maximum absolute atomic E-state index is 15.4. The fourth-order valence-corrected chi connectivity index (χ4v) is 6.34. The molecule has 13 heteroatoms. The van der Waals surface area contributed by atoms with Crippen molar-refractivity contribution >= 4 is 40.6 Å². The van der Waals surface area contributed by atoms with Crippen molar-refractivity contribution < 1.29 is 19.0 Å². The molecule has 0 spiro atoms. The molecule has 2 fully saturated rings. The van der Waals surface area contributed by atoms with Crippen molar-refractivity contribution in [1.82, 2.24) is 30.5 Å². The van der Waals surface area contributed by atoms with Crippen LogP contribution in [0.1, 0.15) is 24.0 Å². The molecule has 46 heavy (non-hydrogen) atoms. The van der Waals surface area contributed by atoms with Crippen LogP contribution in [0.3, 0.4) is 0 Å². The number of halogens is 3. The van der Waals surface area contributed by atoms with Crippen molar-refractivity contribution in [2.45, 2.75) is 32.0 Å². The van der Waals surface area contributed by atoms with E-state index in [2.05, 4.69) is 30.8 Å². The van der Waals surface area contributed by atoms with Crippen molar-refractivity contribution in [1.29, 1.82) is 0 Å². The summed E-state index contributed by atoms with van der Waals surface area (Å²) in [5, 5.41) is 19.3. The van der Waals surface area contributed by atoms with Crippen LogP contribution in [0, 0.1) is 11.7 Å². The minimum absolute atomic E-state index is 0.0578. The lowest BCUT2D eigenvalue weighted by atomic mass is 10.0. The van der Waals surface area contributed by atoms with E-state index in [1.165, 1.54) is 0 Å². The summed E-state index contributed by atoms with van der Waals surface area (Å²) in [6.45, 7) is 3.20. The third-order valence-corrected chi connectivity index (χ3v) is 9.04. The van der Waals surface area contributed by atoms with Gasteiger partial charge in [0.1, 0.15) is 0 Å². The van der Waals surface area contributed by atoms with Gasteiger partial charge in [0.15, 0.2) is 11.6 Å². The number of hydrogen-bond donors (Lipinski definition) is 4. The molecule has 2 aliphatic heterocycles. The summed E-state index contributed by atoms with van der Waals surface area (Å²) >= 11 is 13.8. The van der Waals surface area contributed by atoms with Crippen LogP contribution >= 0.6 is 23.2 Å². The normalized spacial score (nSPS) is 16.7. The second-order valence-corrected chi connectivity index (χ2v) is 12.2. The number of ether oxygens (including phenoxy) is 1. The number of carbonyl (C=O) groups is 1. The van der Waals surface area contributed by atoms with E-state index >= 15 is 4.39 Å². The van der Waals surface area contributed by atoms with Crippen LogP contribution in [0.25, 0.3) is 22.5 Å². The highest BCUT2D eigenvalue weighted by atomic mass is 35.5. The van der Waals surface area contributed by atoms with Crippen LogP contribution in [-0.4, -0.2) is 70.3 Å². The molecule has 10 nitrogen and oxygen atoms in total. The minimum atomic E-state index is -0.460. The fraction of sp³-hybridized carbons (Fsp3) is 0.333. The van der Waals surface area contributed by atoms with Gasteiger partial charge in [0, 0.05) is 92.4 Å². The smallest absolute Gasteiger partial charge is 0.220 e. The van der Waals surface area contributed by atoms with E-state index in [-0.39, 0.29) is 30.3 Å². The SMILES string of the molecule is COc1nc(-c2ccnc(-c3cccc(Nc4nccc(CN5CC(CO)C5)c4F)c3Cl)c2Cl)ccc1CNC[C@H]1CCC(=O)N1. The fourth-order valence-electron chi connectivity index (χ4n) is 5.77. The third-order valence-electron chi connectivity index (χ3n) is 8.25. The number of aromatic nitrogens is 3. The molecule has 1 aromatic carbocycles. The molecule has 2 aliphatic rings. The van der Waals surface area contributed by atoms with Crippen LogP contribution < -0.4 is 20.7 Å². The van der Waals surface area contributed by atoms with E-state index in [0.29, 0.717) is 75.7 Å². The number of nitrogens with one attached hydrogen (secondary N) is 3. The first-order valence-electron chi connectivity index (χ1n) is 15.1. The van der Waals surface area contributed by atoms with Gasteiger partial charge in [-0.05, 0) is 30.7 Å². The Labute approximate surface area is 276 Å². The lowest BCUT2D eigenvalue weighted by Crippen LogP contribution is -2.47. The molecule has 0 aliphatic carbocycles. The highest BCUT2D eigenvalue weighted by Gasteiger charge is 2.27. The first kappa shape index (κ1) is 32.1. The summed E-state index contributed by atoms with van der Waals surface area (Å²) in [4.78, 5) is 27.0. The van der Waals surface area contributed by atoms with Crippen molar-refractivity contribution in [3.8, 4) is 28.4 Å². The first-order chi connectivity index (χ1) is 22.3. The molecule has 3 aromatic heterocycles. The molecular formula is C33H34Cl2FN7O3. The molecule has 4 aromatic rings. The molecule has 1 atom stereocenters. The molecule has 6 rings (SSSR count). The molecule has 0 unspecified atom stereocenters. The molecule has 0 bridgehead atoms. The first-order valence-corrected chi connectivity index (χ1v) is 15.8. The summed E-state index contributed by atoms with van der Waals surface area (Å²) < 4.78 is 21.0. The van der Waals surface area contributed by atoms with Gasteiger partial charge in [-0.25, -0.2) is 14.4 Å². The van der Waals surface area contributed by atoms with E-state index in [1.54, 1.807) is 49.8 Å². The minimum Gasteiger partial charge on any atom is -0.481 e. The van der Waals surface area contributed by atoms with Crippen molar-refractivity contribution in [3.63, 3.8) is 0 Å². The van der Waals surface area contributed by atoms with E-state index in [1.807, 2.05) is 12.1 Å². The predicted molar refractivity (Wildman–Crippen MR) is 176 cm³/mol. The molecule has 1 amide bonds. The Morgan fingerprint density at radius 1 is 1.07 bits per heavy atom. The zero-order valence-electron chi connectivity index (χ0n) is 25.2. The molecule has 4 N–H and O–H groups in total. The maximum atomic E-state index is 15.4. The number of pyridine rings is 3. The van der Waals surface area contributed by atoms with Gasteiger partial charge < -0.3 is 25.8 Å². The van der Waals surface area contributed by atoms with E-state index in [9.17, 15) is 9.90 Å². The molecule has 0 saturated carbocycles. The van der Waals surface area contributed by atoms with Gasteiger partial charge in [0.05, 0.1) is 34.2 Å². The number of methoxy groups -OCH3 is 1. The number of likely N-dealkylation sites (tertiary alicyclic amines) is 1. The van der Waals surface area contributed by atoms with Gasteiger partial charge in [0.25, 0.3) is 0 Å². The number of nitrogens with zero attached hydrogens (tertiary/aromatic N) is 4. The third kappa shape index (κ3) is 6.93. The molecule has 5 heterocycles. The summed E-state index contributed by atoms with van der Waals surface area (Å²) in [6, 6.07) is 12.7. The highest BCUT2D eigenvalue weighted by molar-refractivity contribution is 6.39. The van der Waals surface area contributed by atoms with Gasteiger partial charge in [0.2, 0.25) is 11.8 Å². The van der Waals surface area contributed by atoms with E-state index < -0.39 is 5.82 Å². The Morgan fingerprint density at radius 3 is 2.65 bits per heavy atom. The average molecular weight is 667 g/mol. The molecule has 0 radical (unpaired) electrons. The average Bonchev–Trinajstić information content (AvgIpc) is 3.46. The largest absolute Gasteiger partial charge is 0.481 e. The number of hydrogen-bond acceptors (Lipinski definition) is 9. The van der Waals surface area contributed by atoms with Gasteiger partial charge in [-0.15, -0.1) is 0 Å². The number of aliphatic hydroxyl groups is 1. The summed E-state index contributed by atoms with van der Waals surface area (Å²) in [7, 11) is 1.57. The summed E-state index contributed by atoms with van der Waals surface area (Å²) in [6.07, 6.45) is 4.57. The van der Waals surface area contributed by atoms with Gasteiger partial charge in [-0.3, -0.25) is 14.7 Å². The number of amides is 1. The Kier molecular flexibility index (Phi) is 9.95. The predicted octanol–water partition coefficient (Wildman–Crippen LogP) is 5.20. The molecule has 2 saturated heterocycles. The van der Waals surface area contributed by atoms with Crippen molar-refractivity contribution in [2.24, 2.45) is 5.92 Å². The van der Waals surface area contributed by atoms with Gasteiger partial charge in [-0.1, -0.05) is 41.4 Å². The Bertz CT molecular complexity index is 1740. The zero-order valence-corrected chi connectivity index (χ0v) is 26.7. The number of benzene rings is 1.